The SMILES string of the molecule is C=C/C=C(\C=C/CC)PC(=C(C)C)C1=C(CCC(=O)O)CCC(C)(C)C1. The van der Waals surface area contributed by atoms with E-state index in [2.05, 4.69) is 59.4 Å². The smallest absolute Gasteiger partial charge is 0.303 e. The Labute approximate surface area is 161 Å². The first-order valence-corrected chi connectivity index (χ1v) is 10.6. The summed E-state index contributed by atoms with van der Waals surface area (Å²) in [4.78, 5) is 11.1. The number of hydrogen-bond acceptors (Lipinski definition) is 1. The lowest BCUT2D eigenvalue weighted by molar-refractivity contribution is -0.136. The molecule has 2 nitrogen and oxygen atoms in total. The average Bonchev–Trinajstić information content (AvgIpc) is 2.55. The summed E-state index contributed by atoms with van der Waals surface area (Å²) in [6.45, 7) is 15.0. The fourth-order valence-corrected chi connectivity index (χ4v) is 4.65. The topological polar surface area (TPSA) is 37.3 Å². The zero-order valence-corrected chi connectivity index (χ0v) is 18.1. The Morgan fingerprint density at radius 2 is 2.04 bits per heavy atom. The molecule has 0 aromatic heterocycles. The van der Waals surface area contributed by atoms with Crippen LogP contribution in [0.1, 0.15) is 73.1 Å². The van der Waals surface area contributed by atoms with Gasteiger partial charge in [-0.1, -0.05) is 71.4 Å². The molecular weight excluding hydrogens is 339 g/mol. The lowest BCUT2D eigenvalue weighted by Crippen LogP contribution is -2.19. The van der Waals surface area contributed by atoms with E-state index >= 15 is 0 Å². The minimum absolute atomic E-state index is 0.226. The Balaban J connectivity index is 3.29. The first-order chi connectivity index (χ1) is 12.2. The molecule has 0 bridgehead atoms. The van der Waals surface area contributed by atoms with Crippen molar-refractivity contribution in [3.63, 3.8) is 0 Å². The van der Waals surface area contributed by atoms with Crippen molar-refractivity contribution in [3.8, 4) is 0 Å². The summed E-state index contributed by atoms with van der Waals surface area (Å²) in [5.41, 5.74) is 4.38. The van der Waals surface area contributed by atoms with Crippen molar-refractivity contribution in [2.75, 3.05) is 0 Å². The lowest BCUT2D eigenvalue weighted by Gasteiger charge is -2.35. The third-order valence-electron chi connectivity index (χ3n) is 4.73. The number of carboxylic acid groups (broad SMARTS) is 1. The maximum absolute atomic E-state index is 11.1. The molecule has 1 aliphatic rings. The number of allylic oxidation sites excluding steroid dienone is 9. The predicted octanol–water partition coefficient (Wildman–Crippen LogP) is 7.37. The molecule has 0 heterocycles. The van der Waals surface area contributed by atoms with Gasteiger partial charge in [0.15, 0.2) is 0 Å². The van der Waals surface area contributed by atoms with E-state index in [0.29, 0.717) is 15.0 Å². The van der Waals surface area contributed by atoms with Gasteiger partial charge in [-0.2, -0.15) is 0 Å². The van der Waals surface area contributed by atoms with Gasteiger partial charge in [0, 0.05) is 6.42 Å². The lowest BCUT2D eigenvalue weighted by atomic mass is 9.73. The molecule has 26 heavy (non-hydrogen) atoms. The molecule has 1 N–H and O–H groups in total. The summed E-state index contributed by atoms with van der Waals surface area (Å²) in [5.74, 6) is -0.707. The van der Waals surface area contributed by atoms with Crippen molar-refractivity contribution in [3.05, 3.63) is 58.2 Å². The van der Waals surface area contributed by atoms with Gasteiger partial charge in [-0.05, 0) is 67.6 Å². The fraction of sp³-hybridized carbons (Fsp3) is 0.522. The highest BCUT2D eigenvalue weighted by Crippen LogP contribution is 2.50. The van der Waals surface area contributed by atoms with Crippen molar-refractivity contribution in [1.29, 1.82) is 0 Å². The maximum Gasteiger partial charge on any atom is 0.303 e. The molecule has 1 aliphatic carbocycles. The number of carbonyl (C=O) groups is 1. The van der Waals surface area contributed by atoms with Crippen molar-refractivity contribution in [2.24, 2.45) is 5.41 Å². The van der Waals surface area contributed by atoms with Crippen LogP contribution in [0.4, 0.5) is 0 Å². The quantitative estimate of drug-likeness (QED) is 0.338. The van der Waals surface area contributed by atoms with E-state index in [1.54, 1.807) is 0 Å². The number of carboxylic acids is 1. The summed E-state index contributed by atoms with van der Waals surface area (Å²) in [7, 11) is 0.581. The second kappa shape index (κ2) is 10.7. The van der Waals surface area contributed by atoms with Crippen LogP contribution in [0.5, 0.6) is 0 Å². The first-order valence-electron chi connectivity index (χ1n) is 9.57. The van der Waals surface area contributed by atoms with Crippen molar-refractivity contribution in [2.45, 2.75) is 73.1 Å². The molecule has 0 fully saturated rings. The van der Waals surface area contributed by atoms with Crippen molar-refractivity contribution >= 4 is 14.6 Å². The highest BCUT2D eigenvalue weighted by molar-refractivity contribution is 7.48. The number of rotatable bonds is 9. The molecule has 0 spiro atoms. The first kappa shape index (κ1) is 22.6. The van der Waals surface area contributed by atoms with Crippen LogP contribution in [0.3, 0.4) is 0 Å². The minimum atomic E-state index is -0.707. The van der Waals surface area contributed by atoms with Gasteiger partial charge >= 0.3 is 5.97 Å². The second-order valence-electron chi connectivity index (χ2n) is 7.99. The Hall–Kier alpha value is -1.40. The normalized spacial score (nSPS) is 18.0. The third kappa shape index (κ3) is 7.46. The summed E-state index contributed by atoms with van der Waals surface area (Å²) in [5, 5.41) is 11.8. The van der Waals surface area contributed by atoms with Crippen LogP contribution in [-0.4, -0.2) is 11.1 Å². The van der Waals surface area contributed by atoms with Gasteiger partial charge in [0.2, 0.25) is 0 Å². The van der Waals surface area contributed by atoms with Gasteiger partial charge < -0.3 is 5.11 Å². The largest absolute Gasteiger partial charge is 0.481 e. The summed E-state index contributed by atoms with van der Waals surface area (Å²) < 4.78 is 0. The van der Waals surface area contributed by atoms with Gasteiger partial charge in [0.05, 0.1) is 0 Å². The zero-order chi connectivity index (χ0) is 19.7. The minimum Gasteiger partial charge on any atom is -0.481 e. The average molecular weight is 375 g/mol. The van der Waals surface area contributed by atoms with Crippen molar-refractivity contribution in [1.82, 2.24) is 0 Å². The summed E-state index contributed by atoms with van der Waals surface area (Å²) >= 11 is 0. The van der Waals surface area contributed by atoms with E-state index in [-0.39, 0.29) is 11.8 Å². The molecule has 0 radical (unpaired) electrons. The van der Waals surface area contributed by atoms with E-state index < -0.39 is 5.97 Å². The van der Waals surface area contributed by atoms with E-state index in [1.807, 2.05) is 6.08 Å². The molecular formula is C23H35O2P. The zero-order valence-electron chi connectivity index (χ0n) is 17.1. The van der Waals surface area contributed by atoms with Crippen LogP contribution in [0.2, 0.25) is 0 Å². The van der Waals surface area contributed by atoms with Gasteiger partial charge in [-0.15, -0.1) is 0 Å². The molecule has 3 heteroatoms. The van der Waals surface area contributed by atoms with Crippen LogP contribution < -0.4 is 0 Å². The van der Waals surface area contributed by atoms with E-state index in [0.717, 1.165) is 25.7 Å². The standard InChI is InChI=1S/C23H35O2P/c1-7-9-11-19(10-8-2)26-22(17(3)4)20-16-23(5,6)15-14-18(20)12-13-21(24)25/h8-11,26H,2,7,12-16H2,1,3-6H3,(H,24,25)/b11-9-,19-10+. The second-order valence-corrected chi connectivity index (χ2v) is 9.31. The predicted molar refractivity (Wildman–Crippen MR) is 116 cm³/mol. The molecule has 0 saturated carbocycles. The van der Waals surface area contributed by atoms with Crippen LogP contribution in [0.25, 0.3) is 0 Å². The molecule has 1 rings (SSSR count). The molecule has 0 aliphatic heterocycles. The van der Waals surface area contributed by atoms with Crippen LogP contribution >= 0.6 is 8.58 Å². The third-order valence-corrected chi connectivity index (χ3v) is 6.40. The molecule has 1 atom stereocenters. The molecule has 1 unspecified atom stereocenters. The Kier molecular flexibility index (Phi) is 9.30. The fourth-order valence-electron chi connectivity index (χ4n) is 3.29. The molecule has 0 amide bonds. The van der Waals surface area contributed by atoms with E-state index in [1.165, 1.54) is 27.3 Å². The molecule has 0 aromatic carbocycles. The monoisotopic (exact) mass is 374 g/mol. The Bertz CT molecular complexity index is 641. The van der Waals surface area contributed by atoms with Crippen LogP contribution in [-0.2, 0) is 4.79 Å². The van der Waals surface area contributed by atoms with Gasteiger partial charge in [0.25, 0.3) is 0 Å². The van der Waals surface area contributed by atoms with Crippen LogP contribution in [0, 0.1) is 5.41 Å². The summed E-state index contributed by atoms with van der Waals surface area (Å²) in [6, 6.07) is 0. The Morgan fingerprint density at radius 3 is 2.58 bits per heavy atom. The molecule has 0 saturated heterocycles. The molecule has 144 valence electrons. The number of hydrogen-bond donors (Lipinski definition) is 1. The van der Waals surface area contributed by atoms with E-state index in [9.17, 15) is 4.79 Å². The van der Waals surface area contributed by atoms with Gasteiger partial charge in [0.1, 0.15) is 0 Å². The highest BCUT2D eigenvalue weighted by atomic mass is 31.1. The number of aliphatic carboxylic acids is 1. The summed E-state index contributed by atoms with van der Waals surface area (Å²) in [6.07, 6.45) is 13.4. The van der Waals surface area contributed by atoms with Crippen molar-refractivity contribution < 1.29 is 9.90 Å². The van der Waals surface area contributed by atoms with Gasteiger partial charge in [-0.3, -0.25) is 4.79 Å². The van der Waals surface area contributed by atoms with Gasteiger partial charge in [-0.25, -0.2) is 0 Å². The Morgan fingerprint density at radius 1 is 1.35 bits per heavy atom. The highest BCUT2D eigenvalue weighted by Gasteiger charge is 2.29. The van der Waals surface area contributed by atoms with E-state index in [4.69, 9.17) is 5.11 Å². The maximum atomic E-state index is 11.1. The van der Waals surface area contributed by atoms with Crippen LogP contribution in [0.15, 0.2) is 58.2 Å². The molecule has 0 aromatic rings.